The fraction of sp³-hybridized carbons (Fsp3) is 0.250. The zero-order valence-corrected chi connectivity index (χ0v) is 13.5. The molecule has 0 heterocycles. The van der Waals surface area contributed by atoms with Gasteiger partial charge in [0, 0.05) is 6.42 Å². The van der Waals surface area contributed by atoms with Crippen molar-refractivity contribution in [2.45, 2.75) is 24.6 Å². The first-order chi connectivity index (χ1) is 11.2. The van der Waals surface area contributed by atoms with Crippen LogP contribution in [0.2, 0.25) is 0 Å². The van der Waals surface area contributed by atoms with Crippen LogP contribution in [0.15, 0.2) is 53.4 Å². The van der Waals surface area contributed by atoms with Crippen molar-refractivity contribution in [2.24, 2.45) is 0 Å². The van der Waals surface area contributed by atoms with Gasteiger partial charge in [-0.05, 0) is 30.7 Å². The van der Waals surface area contributed by atoms with Crippen LogP contribution in [0.5, 0.6) is 5.75 Å². The second kappa shape index (κ2) is 7.23. The van der Waals surface area contributed by atoms with Gasteiger partial charge in [0.2, 0.25) is 0 Å². The van der Waals surface area contributed by atoms with Gasteiger partial charge in [0.05, 0.1) is 11.5 Å². The van der Waals surface area contributed by atoms with E-state index in [0.717, 1.165) is 11.6 Å². The van der Waals surface area contributed by atoms with Gasteiger partial charge < -0.3 is 4.74 Å². The minimum absolute atomic E-state index is 0.00655. The summed E-state index contributed by atoms with van der Waals surface area (Å²) in [6.45, 7) is 1.52. The topological polar surface area (TPSA) is 52.6 Å². The number of aryl methyl sites for hydroxylation is 1. The average molecular weight is 360 g/mol. The van der Waals surface area contributed by atoms with Crippen LogP contribution in [0, 0.1) is 6.92 Å². The van der Waals surface area contributed by atoms with Crippen molar-refractivity contribution < 1.29 is 30.5 Å². The molecule has 8 heteroatoms. The highest BCUT2D eigenvalue weighted by molar-refractivity contribution is 7.86. The second-order valence-corrected chi connectivity index (χ2v) is 6.61. The van der Waals surface area contributed by atoms with Gasteiger partial charge in [-0.2, -0.15) is 8.42 Å². The van der Waals surface area contributed by atoms with E-state index >= 15 is 0 Å². The van der Waals surface area contributed by atoms with Crippen LogP contribution in [-0.4, -0.2) is 21.4 Å². The lowest BCUT2D eigenvalue weighted by molar-refractivity contribution is -0.274. The van der Waals surface area contributed by atoms with Crippen LogP contribution in [0.3, 0.4) is 0 Å². The lowest BCUT2D eigenvalue weighted by atomic mass is 10.1. The van der Waals surface area contributed by atoms with Crippen molar-refractivity contribution in [2.75, 3.05) is 6.61 Å². The molecule has 4 nitrogen and oxygen atoms in total. The van der Waals surface area contributed by atoms with E-state index in [9.17, 15) is 21.6 Å². The van der Waals surface area contributed by atoms with E-state index in [1.807, 2.05) is 6.92 Å². The third-order valence-corrected chi connectivity index (χ3v) is 4.44. The predicted molar refractivity (Wildman–Crippen MR) is 81.1 cm³/mol. The van der Waals surface area contributed by atoms with Gasteiger partial charge in [-0.3, -0.25) is 4.18 Å². The fourth-order valence-electron chi connectivity index (χ4n) is 1.97. The van der Waals surface area contributed by atoms with Crippen molar-refractivity contribution in [3.05, 3.63) is 59.7 Å². The molecular weight excluding hydrogens is 345 g/mol. The summed E-state index contributed by atoms with van der Waals surface area (Å²) in [5.74, 6) is -0.374. The minimum atomic E-state index is -4.81. The molecule has 24 heavy (non-hydrogen) atoms. The molecule has 0 aliphatic heterocycles. The predicted octanol–water partition coefficient (Wildman–Crippen LogP) is 3.84. The molecule has 130 valence electrons. The van der Waals surface area contributed by atoms with Crippen LogP contribution < -0.4 is 4.74 Å². The van der Waals surface area contributed by atoms with E-state index < -0.39 is 16.5 Å². The van der Waals surface area contributed by atoms with Crippen LogP contribution in [0.25, 0.3) is 0 Å². The zero-order chi connectivity index (χ0) is 17.8. The molecular formula is C16H15F3O4S. The summed E-state index contributed by atoms with van der Waals surface area (Å²) in [5, 5.41) is 0. The highest BCUT2D eigenvalue weighted by Crippen LogP contribution is 2.26. The van der Waals surface area contributed by atoms with E-state index in [1.54, 1.807) is 12.1 Å². The molecule has 0 aliphatic rings. The Morgan fingerprint density at radius 3 is 2.25 bits per heavy atom. The Morgan fingerprint density at radius 1 is 1.00 bits per heavy atom. The monoisotopic (exact) mass is 360 g/mol. The molecule has 0 aromatic heterocycles. The first-order valence-corrected chi connectivity index (χ1v) is 8.38. The number of benzene rings is 2. The third kappa shape index (κ3) is 5.24. The lowest BCUT2D eigenvalue weighted by Gasteiger charge is -2.13. The van der Waals surface area contributed by atoms with E-state index in [4.69, 9.17) is 4.18 Å². The van der Waals surface area contributed by atoms with Crippen molar-refractivity contribution in [3.63, 3.8) is 0 Å². The Balaban J connectivity index is 2.03. The quantitative estimate of drug-likeness (QED) is 0.735. The molecule has 2 rings (SSSR count). The molecule has 0 bridgehead atoms. The molecule has 2 aromatic carbocycles. The highest BCUT2D eigenvalue weighted by Gasteiger charge is 2.32. The maximum absolute atomic E-state index is 12.3. The highest BCUT2D eigenvalue weighted by atomic mass is 32.2. The number of ether oxygens (including phenoxy) is 1. The van der Waals surface area contributed by atoms with Gasteiger partial charge in [-0.25, -0.2) is 0 Å². The SMILES string of the molecule is Cc1ccc(S(=O)(=O)OCCc2ccccc2OC(F)(F)F)cc1. The fourth-order valence-corrected chi connectivity index (χ4v) is 2.88. The molecule has 0 atom stereocenters. The first kappa shape index (κ1) is 18.3. The van der Waals surface area contributed by atoms with Gasteiger partial charge in [0.1, 0.15) is 5.75 Å². The molecule has 0 radical (unpaired) electrons. The Morgan fingerprint density at radius 2 is 1.62 bits per heavy atom. The molecule has 0 fully saturated rings. The molecule has 0 spiro atoms. The van der Waals surface area contributed by atoms with Gasteiger partial charge >= 0.3 is 6.36 Å². The summed E-state index contributed by atoms with van der Waals surface area (Å²) in [7, 11) is -3.96. The Kier molecular flexibility index (Phi) is 5.51. The third-order valence-electron chi connectivity index (χ3n) is 3.12. The molecule has 2 aromatic rings. The zero-order valence-electron chi connectivity index (χ0n) is 12.7. The van der Waals surface area contributed by atoms with Gasteiger partial charge in [-0.1, -0.05) is 35.9 Å². The number of hydrogen-bond acceptors (Lipinski definition) is 4. The summed E-state index contributed by atoms with van der Waals surface area (Å²) in [6, 6.07) is 11.6. The van der Waals surface area contributed by atoms with Crippen molar-refractivity contribution in [1.82, 2.24) is 0 Å². The number of halogens is 3. The molecule has 0 N–H and O–H groups in total. The van der Waals surface area contributed by atoms with Crippen LogP contribution in [-0.2, 0) is 20.7 Å². The van der Waals surface area contributed by atoms with E-state index in [0.29, 0.717) is 0 Å². The smallest absolute Gasteiger partial charge is 0.406 e. The van der Waals surface area contributed by atoms with Gasteiger partial charge in [0.25, 0.3) is 10.1 Å². The number of rotatable bonds is 6. The number of para-hydroxylation sites is 1. The molecule has 0 saturated heterocycles. The molecule has 0 amide bonds. The lowest BCUT2D eigenvalue weighted by Crippen LogP contribution is -2.18. The van der Waals surface area contributed by atoms with E-state index in [-0.39, 0.29) is 29.2 Å². The van der Waals surface area contributed by atoms with Crippen LogP contribution in [0.4, 0.5) is 13.2 Å². The second-order valence-electron chi connectivity index (χ2n) is 4.99. The Labute approximate surface area is 138 Å². The van der Waals surface area contributed by atoms with Gasteiger partial charge in [-0.15, -0.1) is 13.2 Å². The summed E-state index contributed by atoms with van der Waals surface area (Å²) in [4.78, 5) is -0.00655. The summed E-state index contributed by atoms with van der Waals surface area (Å²) < 4.78 is 69.8. The van der Waals surface area contributed by atoms with Gasteiger partial charge in [0.15, 0.2) is 0 Å². The van der Waals surface area contributed by atoms with Crippen molar-refractivity contribution in [1.29, 1.82) is 0 Å². The summed E-state index contributed by atoms with van der Waals surface area (Å²) >= 11 is 0. The largest absolute Gasteiger partial charge is 0.573 e. The maximum atomic E-state index is 12.3. The normalized spacial score (nSPS) is 12.2. The standard InChI is InChI=1S/C16H15F3O4S/c1-12-6-8-14(9-7-12)24(20,21)22-11-10-13-4-2-3-5-15(13)23-16(17,18)19/h2-9H,10-11H2,1H3. The summed E-state index contributed by atoms with van der Waals surface area (Å²) in [6.07, 6.45) is -4.86. The maximum Gasteiger partial charge on any atom is 0.573 e. The summed E-state index contributed by atoms with van der Waals surface area (Å²) in [5.41, 5.74) is 1.10. The molecule has 0 saturated carbocycles. The van der Waals surface area contributed by atoms with Crippen molar-refractivity contribution >= 4 is 10.1 Å². The van der Waals surface area contributed by atoms with Crippen LogP contribution in [0.1, 0.15) is 11.1 Å². The van der Waals surface area contributed by atoms with Crippen molar-refractivity contribution in [3.8, 4) is 5.75 Å². The van der Waals surface area contributed by atoms with E-state index in [1.165, 1.54) is 30.3 Å². The molecule has 0 unspecified atom stereocenters. The number of alkyl halides is 3. The Hall–Kier alpha value is -2.06. The Bertz CT molecular complexity index is 784. The average Bonchev–Trinajstić information content (AvgIpc) is 2.48. The first-order valence-electron chi connectivity index (χ1n) is 6.97. The minimum Gasteiger partial charge on any atom is -0.406 e. The molecule has 0 aliphatic carbocycles. The number of hydrogen-bond donors (Lipinski definition) is 0. The van der Waals surface area contributed by atoms with E-state index in [2.05, 4.69) is 4.74 Å². The van der Waals surface area contributed by atoms with Crippen LogP contribution >= 0.6 is 0 Å².